The highest BCUT2D eigenvalue weighted by Gasteiger charge is 2.52. The standard InChI is InChI=1S/C28H39N3O4/c1-4-7-13-34-25-12-10-23(27(30-25)35-14-8-5-2)22-9-11-24(29-18-22)31-19-28(20-31)16-21(17-28)15-26(32)33-6-3/h9-12,18,21H,4-8,13-17,19-20H2,1-3H3. The van der Waals surface area contributed by atoms with Gasteiger partial charge in [-0.2, -0.15) is 4.98 Å². The number of aromatic nitrogens is 2. The Morgan fingerprint density at radius 1 is 1.03 bits per heavy atom. The summed E-state index contributed by atoms with van der Waals surface area (Å²) in [4.78, 5) is 23.4. The van der Waals surface area contributed by atoms with Crippen molar-refractivity contribution >= 4 is 11.8 Å². The molecular weight excluding hydrogens is 442 g/mol. The fourth-order valence-corrected chi connectivity index (χ4v) is 5.15. The second kappa shape index (κ2) is 11.7. The molecule has 0 N–H and O–H groups in total. The summed E-state index contributed by atoms with van der Waals surface area (Å²) in [6.45, 7) is 9.93. The number of carbonyl (C=O) groups excluding carboxylic acids is 1. The van der Waals surface area contributed by atoms with Gasteiger partial charge in [0, 0.05) is 48.3 Å². The van der Waals surface area contributed by atoms with Crippen molar-refractivity contribution in [2.45, 2.75) is 65.7 Å². The van der Waals surface area contributed by atoms with Crippen LogP contribution in [-0.2, 0) is 9.53 Å². The normalized spacial score (nSPS) is 16.5. The van der Waals surface area contributed by atoms with Crippen LogP contribution < -0.4 is 14.4 Å². The zero-order valence-corrected chi connectivity index (χ0v) is 21.4. The number of pyridine rings is 2. The van der Waals surface area contributed by atoms with Crippen LogP contribution in [0.2, 0.25) is 0 Å². The topological polar surface area (TPSA) is 73.8 Å². The predicted octanol–water partition coefficient (Wildman–Crippen LogP) is 5.67. The third kappa shape index (κ3) is 6.24. The van der Waals surface area contributed by atoms with Crippen molar-refractivity contribution in [2.24, 2.45) is 11.3 Å². The van der Waals surface area contributed by atoms with Crippen molar-refractivity contribution in [1.82, 2.24) is 9.97 Å². The summed E-state index contributed by atoms with van der Waals surface area (Å²) < 4.78 is 16.9. The quantitative estimate of drug-likeness (QED) is 0.269. The number of nitrogens with zero attached hydrogens (tertiary/aromatic N) is 3. The highest BCUT2D eigenvalue weighted by atomic mass is 16.5. The maximum absolute atomic E-state index is 11.7. The summed E-state index contributed by atoms with van der Waals surface area (Å²) >= 11 is 0. The molecule has 7 heteroatoms. The van der Waals surface area contributed by atoms with E-state index in [1.807, 2.05) is 25.3 Å². The molecule has 1 saturated carbocycles. The first-order valence-electron chi connectivity index (χ1n) is 13.2. The molecule has 0 aromatic carbocycles. The van der Waals surface area contributed by atoms with E-state index in [0.29, 0.717) is 49.3 Å². The fraction of sp³-hybridized carbons (Fsp3) is 0.607. The van der Waals surface area contributed by atoms with Crippen LogP contribution in [-0.4, -0.2) is 48.8 Å². The summed E-state index contributed by atoms with van der Waals surface area (Å²) in [7, 11) is 0. The van der Waals surface area contributed by atoms with Gasteiger partial charge in [-0.15, -0.1) is 0 Å². The molecule has 1 saturated heterocycles. The van der Waals surface area contributed by atoms with Crippen molar-refractivity contribution in [3.63, 3.8) is 0 Å². The first kappa shape index (κ1) is 25.3. The third-order valence-electron chi connectivity index (χ3n) is 6.96. The number of hydrogen-bond donors (Lipinski definition) is 0. The summed E-state index contributed by atoms with van der Waals surface area (Å²) in [5.41, 5.74) is 2.28. The number of esters is 1. The Labute approximate surface area is 209 Å². The number of carbonyl (C=O) groups is 1. The Bertz CT molecular complexity index is 965. The summed E-state index contributed by atoms with van der Waals surface area (Å²) in [6, 6.07) is 8.11. The molecule has 2 fully saturated rings. The van der Waals surface area contributed by atoms with Crippen LogP contribution in [0, 0.1) is 11.3 Å². The smallest absolute Gasteiger partial charge is 0.306 e. The Morgan fingerprint density at radius 2 is 1.77 bits per heavy atom. The average molecular weight is 482 g/mol. The Morgan fingerprint density at radius 3 is 2.43 bits per heavy atom. The number of ether oxygens (including phenoxy) is 3. The number of rotatable bonds is 13. The molecule has 2 aromatic rings. The summed E-state index contributed by atoms with van der Waals surface area (Å²) in [5, 5.41) is 0. The summed E-state index contributed by atoms with van der Waals surface area (Å²) in [5.74, 6) is 2.61. The molecule has 0 amide bonds. The van der Waals surface area contributed by atoms with Gasteiger partial charge in [-0.1, -0.05) is 26.7 Å². The molecule has 2 aliphatic rings. The maximum Gasteiger partial charge on any atom is 0.306 e. The van der Waals surface area contributed by atoms with Gasteiger partial charge in [0.2, 0.25) is 11.8 Å². The van der Waals surface area contributed by atoms with Crippen molar-refractivity contribution in [3.8, 4) is 22.9 Å². The van der Waals surface area contributed by atoms with Crippen LogP contribution in [0.4, 0.5) is 5.82 Å². The van der Waals surface area contributed by atoms with Crippen LogP contribution >= 0.6 is 0 Å². The lowest BCUT2D eigenvalue weighted by molar-refractivity contribution is -0.146. The first-order chi connectivity index (χ1) is 17.1. The molecule has 0 bridgehead atoms. The molecule has 1 aliphatic carbocycles. The largest absolute Gasteiger partial charge is 0.478 e. The molecule has 1 aliphatic heterocycles. The molecule has 3 heterocycles. The van der Waals surface area contributed by atoms with E-state index in [4.69, 9.17) is 19.2 Å². The van der Waals surface area contributed by atoms with Crippen LogP contribution in [0.15, 0.2) is 30.5 Å². The van der Waals surface area contributed by atoms with E-state index in [1.165, 1.54) is 0 Å². The molecule has 190 valence electrons. The minimum Gasteiger partial charge on any atom is -0.478 e. The molecule has 4 rings (SSSR count). The highest BCUT2D eigenvalue weighted by Crippen LogP contribution is 2.53. The van der Waals surface area contributed by atoms with E-state index >= 15 is 0 Å². The van der Waals surface area contributed by atoms with E-state index < -0.39 is 0 Å². The molecule has 0 unspecified atom stereocenters. The van der Waals surface area contributed by atoms with E-state index in [-0.39, 0.29) is 5.97 Å². The fourth-order valence-electron chi connectivity index (χ4n) is 5.15. The lowest BCUT2D eigenvalue weighted by Crippen LogP contribution is -2.62. The number of hydrogen-bond acceptors (Lipinski definition) is 7. The van der Waals surface area contributed by atoms with Gasteiger partial charge in [-0.05, 0) is 56.7 Å². The van der Waals surface area contributed by atoms with Crippen LogP contribution in [0.3, 0.4) is 0 Å². The van der Waals surface area contributed by atoms with E-state index in [9.17, 15) is 4.79 Å². The van der Waals surface area contributed by atoms with E-state index in [1.54, 1.807) is 0 Å². The van der Waals surface area contributed by atoms with Crippen molar-refractivity contribution in [2.75, 3.05) is 37.8 Å². The van der Waals surface area contributed by atoms with E-state index in [0.717, 1.165) is 68.6 Å². The lowest BCUT2D eigenvalue weighted by atomic mass is 9.57. The predicted molar refractivity (Wildman–Crippen MR) is 137 cm³/mol. The third-order valence-corrected chi connectivity index (χ3v) is 6.96. The van der Waals surface area contributed by atoms with Gasteiger partial charge in [0.05, 0.1) is 19.8 Å². The summed E-state index contributed by atoms with van der Waals surface area (Å²) in [6.07, 6.45) is 8.82. The molecule has 7 nitrogen and oxygen atoms in total. The van der Waals surface area contributed by atoms with Crippen molar-refractivity contribution < 1.29 is 19.0 Å². The number of anilines is 1. The SMILES string of the molecule is CCCCOc1ccc(-c2ccc(N3CC4(CC(CC(=O)OCC)C4)C3)nc2)c(OCCCC)n1. The molecule has 2 aromatic heterocycles. The average Bonchev–Trinajstić information content (AvgIpc) is 2.81. The van der Waals surface area contributed by atoms with Gasteiger partial charge in [-0.3, -0.25) is 4.79 Å². The number of unbranched alkanes of at least 4 members (excludes halogenated alkanes) is 2. The monoisotopic (exact) mass is 481 g/mol. The zero-order valence-electron chi connectivity index (χ0n) is 21.4. The van der Waals surface area contributed by atoms with Gasteiger partial charge in [0.15, 0.2) is 0 Å². The van der Waals surface area contributed by atoms with E-state index in [2.05, 4.69) is 35.9 Å². The minimum atomic E-state index is -0.0612. The van der Waals surface area contributed by atoms with Gasteiger partial charge >= 0.3 is 5.97 Å². The zero-order chi connectivity index (χ0) is 24.7. The Kier molecular flexibility index (Phi) is 8.47. The van der Waals surface area contributed by atoms with Crippen LogP contribution in [0.25, 0.3) is 11.1 Å². The van der Waals surface area contributed by atoms with Gasteiger partial charge in [0.1, 0.15) is 5.82 Å². The first-order valence-corrected chi connectivity index (χ1v) is 13.2. The maximum atomic E-state index is 11.7. The van der Waals surface area contributed by atoms with Crippen LogP contribution in [0.5, 0.6) is 11.8 Å². The second-order valence-electron chi connectivity index (χ2n) is 9.95. The Hall–Kier alpha value is -2.83. The molecule has 1 spiro atoms. The Balaban J connectivity index is 1.35. The van der Waals surface area contributed by atoms with Gasteiger partial charge in [-0.25, -0.2) is 4.98 Å². The van der Waals surface area contributed by atoms with Crippen LogP contribution in [0.1, 0.15) is 65.7 Å². The minimum absolute atomic E-state index is 0.0612. The molecular formula is C28H39N3O4. The second-order valence-corrected chi connectivity index (χ2v) is 9.95. The van der Waals surface area contributed by atoms with Crippen molar-refractivity contribution in [3.05, 3.63) is 30.5 Å². The highest BCUT2D eigenvalue weighted by molar-refractivity contribution is 5.70. The molecule has 0 radical (unpaired) electrons. The molecule has 35 heavy (non-hydrogen) atoms. The van der Waals surface area contributed by atoms with Gasteiger partial charge < -0.3 is 19.1 Å². The van der Waals surface area contributed by atoms with Crippen molar-refractivity contribution in [1.29, 1.82) is 0 Å². The van der Waals surface area contributed by atoms with Gasteiger partial charge in [0.25, 0.3) is 0 Å². The lowest BCUT2D eigenvalue weighted by Gasteiger charge is -2.59. The molecule has 0 atom stereocenters.